The van der Waals surface area contributed by atoms with Gasteiger partial charge in [-0.25, -0.2) is 4.98 Å². The van der Waals surface area contributed by atoms with Gasteiger partial charge in [0.15, 0.2) is 0 Å². The summed E-state index contributed by atoms with van der Waals surface area (Å²) < 4.78 is 10.7. The second kappa shape index (κ2) is 9.81. The van der Waals surface area contributed by atoms with Crippen LogP contribution in [-0.2, 0) is 6.42 Å². The van der Waals surface area contributed by atoms with Crippen molar-refractivity contribution in [1.29, 1.82) is 0 Å². The quantitative estimate of drug-likeness (QED) is 0.520. The molecule has 2 heterocycles. The van der Waals surface area contributed by atoms with Crippen LogP contribution in [-0.4, -0.2) is 56.8 Å². The third-order valence-electron chi connectivity index (χ3n) is 5.95. The molecule has 0 unspecified atom stereocenters. The molecule has 5 nitrogen and oxygen atoms in total. The molecule has 0 aliphatic carbocycles. The van der Waals surface area contributed by atoms with Crippen LogP contribution in [0, 0.1) is 0 Å². The molecule has 0 atom stereocenters. The number of rotatable bonds is 8. The van der Waals surface area contributed by atoms with Crippen LogP contribution in [0.3, 0.4) is 0 Å². The fourth-order valence-corrected chi connectivity index (χ4v) is 4.19. The highest BCUT2D eigenvalue weighted by molar-refractivity contribution is 5.93. The molecule has 0 bridgehead atoms. The maximum absolute atomic E-state index is 5.42. The Balaban J connectivity index is 1.27. The fraction of sp³-hybridized carbons (Fsp3) is 0.400. The molecule has 1 aliphatic heterocycles. The van der Waals surface area contributed by atoms with Gasteiger partial charge in [-0.1, -0.05) is 18.2 Å². The second-order valence-corrected chi connectivity index (χ2v) is 7.86. The summed E-state index contributed by atoms with van der Waals surface area (Å²) in [5.41, 5.74) is 1.36. The number of nitrogens with zero attached hydrogens (tertiary/aromatic N) is 3. The van der Waals surface area contributed by atoms with Gasteiger partial charge in [-0.15, -0.1) is 0 Å². The minimum atomic E-state index is 0.881. The van der Waals surface area contributed by atoms with Crippen molar-refractivity contribution < 1.29 is 9.47 Å². The summed E-state index contributed by atoms with van der Waals surface area (Å²) in [5, 5.41) is 2.38. The topological polar surface area (TPSA) is 37.8 Å². The van der Waals surface area contributed by atoms with E-state index in [1.165, 1.54) is 29.2 Å². The first-order chi connectivity index (χ1) is 14.8. The highest BCUT2D eigenvalue weighted by Crippen LogP contribution is 2.28. The Hall–Kier alpha value is -2.79. The fourth-order valence-electron chi connectivity index (χ4n) is 4.19. The van der Waals surface area contributed by atoms with E-state index in [4.69, 9.17) is 14.5 Å². The van der Waals surface area contributed by atoms with E-state index in [0.717, 1.165) is 56.5 Å². The predicted molar refractivity (Wildman–Crippen MR) is 123 cm³/mol. The highest BCUT2D eigenvalue weighted by atomic mass is 16.5. The molecule has 1 fully saturated rings. The smallest absolute Gasteiger partial charge is 0.136 e. The third-order valence-corrected chi connectivity index (χ3v) is 5.95. The Labute approximate surface area is 179 Å². The molecule has 0 saturated carbocycles. The van der Waals surface area contributed by atoms with Gasteiger partial charge in [-0.05, 0) is 67.1 Å². The monoisotopic (exact) mass is 405 g/mol. The number of unbranched alkanes of at least 4 members (excludes halogenated alkanes) is 1. The van der Waals surface area contributed by atoms with Crippen molar-refractivity contribution in [1.82, 2.24) is 9.88 Å². The van der Waals surface area contributed by atoms with Crippen LogP contribution in [0.1, 0.15) is 18.4 Å². The zero-order valence-corrected chi connectivity index (χ0v) is 18.0. The maximum atomic E-state index is 5.42. The van der Waals surface area contributed by atoms with Crippen LogP contribution in [0.25, 0.3) is 10.8 Å². The van der Waals surface area contributed by atoms with E-state index in [2.05, 4.69) is 46.2 Å². The number of aryl methyl sites for hydroxylation is 1. The SMILES string of the molecule is COc1cccc(CCCCN2CCN(c3nccc4ccc(OC)cc34)CC2)c1. The lowest BCUT2D eigenvalue weighted by atomic mass is 10.1. The molecule has 1 aromatic heterocycles. The normalized spacial score (nSPS) is 14.8. The summed E-state index contributed by atoms with van der Waals surface area (Å²) in [5.74, 6) is 2.90. The largest absolute Gasteiger partial charge is 0.497 e. The van der Waals surface area contributed by atoms with Crippen molar-refractivity contribution >= 4 is 16.6 Å². The van der Waals surface area contributed by atoms with E-state index in [0.29, 0.717) is 0 Å². The van der Waals surface area contributed by atoms with Crippen molar-refractivity contribution in [2.75, 3.05) is 51.8 Å². The Bertz CT molecular complexity index is 968. The van der Waals surface area contributed by atoms with Crippen molar-refractivity contribution in [2.45, 2.75) is 19.3 Å². The summed E-state index contributed by atoms with van der Waals surface area (Å²) in [6, 6.07) is 16.7. The van der Waals surface area contributed by atoms with Gasteiger partial charge in [0.05, 0.1) is 14.2 Å². The van der Waals surface area contributed by atoms with Crippen molar-refractivity contribution in [3.8, 4) is 11.5 Å². The first-order valence-corrected chi connectivity index (χ1v) is 10.8. The van der Waals surface area contributed by atoms with Gasteiger partial charge in [0.25, 0.3) is 0 Å². The summed E-state index contributed by atoms with van der Waals surface area (Å²) >= 11 is 0. The standard InChI is InChI=1S/C25H31N3O2/c1-29-22-8-5-7-20(18-22)6-3-4-13-27-14-16-28(17-15-27)25-24-19-23(30-2)10-9-21(24)11-12-26-25/h5,7-12,18-19H,3-4,6,13-17H2,1-2H3. The molecule has 0 amide bonds. The second-order valence-electron chi connectivity index (χ2n) is 7.86. The summed E-state index contributed by atoms with van der Waals surface area (Å²) in [6.07, 6.45) is 5.45. The van der Waals surface area contributed by atoms with E-state index in [9.17, 15) is 0 Å². The summed E-state index contributed by atoms with van der Waals surface area (Å²) in [7, 11) is 3.44. The van der Waals surface area contributed by atoms with E-state index >= 15 is 0 Å². The lowest BCUT2D eigenvalue weighted by Gasteiger charge is -2.36. The maximum Gasteiger partial charge on any atom is 0.136 e. The number of benzene rings is 2. The number of hydrogen-bond acceptors (Lipinski definition) is 5. The van der Waals surface area contributed by atoms with Gasteiger partial charge in [0, 0.05) is 37.8 Å². The molecule has 1 aliphatic rings. The molecular formula is C25H31N3O2. The number of aromatic nitrogens is 1. The number of anilines is 1. The molecule has 5 heteroatoms. The molecule has 158 valence electrons. The van der Waals surface area contributed by atoms with Gasteiger partial charge in [0.1, 0.15) is 17.3 Å². The molecule has 2 aromatic carbocycles. The number of hydrogen-bond donors (Lipinski definition) is 0. The van der Waals surface area contributed by atoms with Gasteiger partial charge < -0.3 is 14.4 Å². The molecule has 3 aromatic rings. The van der Waals surface area contributed by atoms with Crippen LogP contribution in [0.4, 0.5) is 5.82 Å². The molecule has 0 radical (unpaired) electrons. The van der Waals surface area contributed by atoms with Crippen molar-refractivity contribution in [3.05, 3.63) is 60.3 Å². The number of ether oxygens (including phenoxy) is 2. The number of piperazine rings is 1. The summed E-state index contributed by atoms with van der Waals surface area (Å²) in [6.45, 7) is 5.36. The average Bonchev–Trinajstić information content (AvgIpc) is 2.81. The Kier molecular flexibility index (Phi) is 6.70. The molecule has 1 saturated heterocycles. The molecule has 0 N–H and O–H groups in total. The minimum Gasteiger partial charge on any atom is -0.497 e. The van der Waals surface area contributed by atoms with E-state index in [1.54, 1.807) is 14.2 Å². The summed E-state index contributed by atoms with van der Waals surface area (Å²) in [4.78, 5) is 9.68. The molecular weight excluding hydrogens is 374 g/mol. The van der Waals surface area contributed by atoms with Gasteiger partial charge >= 0.3 is 0 Å². The molecule has 0 spiro atoms. The van der Waals surface area contributed by atoms with Gasteiger partial charge in [0.2, 0.25) is 0 Å². The van der Waals surface area contributed by atoms with E-state index in [-0.39, 0.29) is 0 Å². The molecule has 4 rings (SSSR count). The van der Waals surface area contributed by atoms with Crippen LogP contribution in [0.2, 0.25) is 0 Å². The highest BCUT2D eigenvalue weighted by Gasteiger charge is 2.19. The number of pyridine rings is 1. The van der Waals surface area contributed by atoms with Gasteiger partial charge in [-0.3, -0.25) is 4.90 Å². The average molecular weight is 406 g/mol. The van der Waals surface area contributed by atoms with E-state index in [1.807, 2.05) is 18.3 Å². The van der Waals surface area contributed by atoms with Crippen molar-refractivity contribution in [2.24, 2.45) is 0 Å². The Morgan fingerprint density at radius 1 is 0.867 bits per heavy atom. The van der Waals surface area contributed by atoms with E-state index < -0.39 is 0 Å². The van der Waals surface area contributed by atoms with Crippen LogP contribution >= 0.6 is 0 Å². The number of methoxy groups -OCH3 is 2. The third kappa shape index (κ3) is 4.85. The molecule has 30 heavy (non-hydrogen) atoms. The van der Waals surface area contributed by atoms with Crippen LogP contribution < -0.4 is 14.4 Å². The van der Waals surface area contributed by atoms with Crippen LogP contribution in [0.5, 0.6) is 11.5 Å². The zero-order valence-electron chi connectivity index (χ0n) is 18.0. The van der Waals surface area contributed by atoms with Crippen molar-refractivity contribution in [3.63, 3.8) is 0 Å². The Morgan fingerprint density at radius 2 is 1.67 bits per heavy atom. The van der Waals surface area contributed by atoms with Crippen LogP contribution in [0.15, 0.2) is 54.7 Å². The number of fused-ring (bicyclic) bond motifs is 1. The lowest BCUT2D eigenvalue weighted by Crippen LogP contribution is -2.47. The van der Waals surface area contributed by atoms with Gasteiger partial charge in [-0.2, -0.15) is 0 Å². The minimum absolute atomic E-state index is 0.881. The zero-order chi connectivity index (χ0) is 20.8. The predicted octanol–water partition coefficient (Wildman–Crippen LogP) is 4.40. The lowest BCUT2D eigenvalue weighted by molar-refractivity contribution is 0.252. The Morgan fingerprint density at radius 3 is 2.47 bits per heavy atom. The first-order valence-electron chi connectivity index (χ1n) is 10.8. The first kappa shape index (κ1) is 20.5.